The summed E-state index contributed by atoms with van der Waals surface area (Å²) in [5.74, 6) is -0.214. The lowest BCUT2D eigenvalue weighted by Gasteiger charge is -2.16. The number of carbonyl (C=O) groups excluding carboxylic acids is 1. The lowest BCUT2D eigenvalue weighted by Crippen LogP contribution is -2.23. The third-order valence-corrected chi connectivity index (χ3v) is 5.62. The average molecular weight is 349 g/mol. The molecule has 6 nitrogen and oxygen atoms in total. The maximum atomic E-state index is 12.5. The van der Waals surface area contributed by atoms with Gasteiger partial charge in [0.2, 0.25) is 5.91 Å². The van der Waals surface area contributed by atoms with E-state index in [2.05, 4.69) is 27.5 Å². The van der Waals surface area contributed by atoms with Gasteiger partial charge in [-0.05, 0) is 30.9 Å². The van der Waals surface area contributed by atoms with Gasteiger partial charge >= 0.3 is 0 Å². The number of hydrogen-bond acceptors (Lipinski definition) is 5. The highest BCUT2D eigenvalue weighted by Crippen LogP contribution is 2.44. The molecule has 0 fully saturated rings. The highest BCUT2D eigenvalue weighted by atomic mass is 32.1. The first-order valence-corrected chi connectivity index (χ1v) is 8.79. The van der Waals surface area contributed by atoms with Gasteiger partial charge in [-0.25, -0.2) is 9.67 Å². The summed E-state index contributed by atoms with van der Waals surface area (Å²) in [5.41, 5.74) is 3.86. The van der Waals surface area contributed by atoms with Gasteiger partial charge in [0.15, 0.2) is 0 Å². The standard InChI is InChI=1S/C18H15N5OS/c1-11(23-10-20-9-21-23)17(24)22-18-14(8-19)16-13-5-3-2-4-12(13)6-7-15(16)25-18/h2-5,9-11H,6-7H2,1H3,(H,22,24). The molecule has 1 amide bonds. The molecule has 0 aliphatic heterocycles. The van der Waals surface area contributed by atoms with Crippen molar-refractivity contribution in [2.24, 2.45) is 0 Å². The molecular formula is C18H15N5OS. The molecule has 7 heteroatoms. The number of carbonyl (C=O) groups is 1. The Labute approximate surface area is 148 Å². The van der Waals surface area contributed by atoms with E-state index in [1.165, 1.54) is 34.2 Å². The maximum Gasteiger partial charge on any atom is 0.249 e. The SMILES string of the molecule is CC(C(=O)Nc1sc2c(c1C#N)-c1ccccc1CC2)n1cncn1. The molecule has 4 rings (SSSR count). The van der Waals surface area contributed by atoms with Crippen molar-refractivity contribution in [1.29, 1.82) is 5.26 Å². The van der Waals surface area contributed by atoms with Crippen LogP contribution in [-0.4, -0.2) is 20.7 Å². The molecule has 0 bridgehead atoms. The van der Waals surface area contributed by atoms with E-state index >= 15 is 0 Å². The van der Waals surface area contributed by atoms with E-state index in [0.29, 0.717) is 10.6 Å². The highest BCUT2D eigenvalue weighted by molar-refractivity contribution is 7.17. The van der Waals surface area contributed by atoms with Crippen molar-refractivity contribution in [1.82, 2.24) is 14.8 Å². The molecule has 1 unspecified atom stereocenters. The molecule has 0 saturated heterocycles. The molecule has 0 saturated carbocycles. The average Bonchev–Trinajstić information content (AvgIpc) is 3.28. The number of benzene rings is 1. The van der Waals surface area contributed by atoms with Gasteiger partial charge in [-0.3, -0.25) is 4.79 Å². The zero-order valence-electron chi connectivity index (χ0n) is 13.6. The van der Waals surface area contributed by atoms with Crippen LogP contribution in [0.4, 0.5) is 5.00 Å². The largest absolute Gasteiger partial charge is 0.315 e. The van der Waals surface area contributed by atoms with E-state index in [4.69, 9.17) is 0 Å². The molecule has 3 aromatic rings. The Balaban J connectivity index is 1.70. The van der Waals surface area contributed by atoms with Crippen LogP contribution in [0.2, 0.25) is 0 Å². The van der Waals surface area contributed by atoms with Crippen molar-refractivity contribution in [3.8, 4) is 17.2 Å². The van der Waals surface area contributed by atoms with Crippen LogP contribution >= 0.6 is 11.3 Å². The van der Waals surface area contributed by atoms with E-state index in [1.54, 1.807) is 6.92 Å². The van der Waals surface area contributed by atoms with Crippen LogP contribution in [0.1, 0.15) is 29.0 Å². The molecule has 0 radical (unpaired) electrons. The van der Waals surface area contributed by atoms with Gasteiger partial charge in [0.1, 0.15) is 29.8 Å². The summed E-state index contributed by atoms with van der Waals surface area (Å²) in [7, 11) is 0. The summed E-state index contributed by atoms with van der Waals surface area (Å²) in [6, 6.07) is 9.93. The predicted octanol–water partition coefficient (Wildman–Crippen LogP) is 3.18. The number of nitrogens with one attached hydrogen (secondary N) is 1. The fourth-order valence-electron chi connectivity index (χ4n) is 3.12. The number of thiophene rings is 1. The summed E-state index contributed by atoms with van der Waals surface area (Å²) >= 11 is 1.49. The molecule has 1 aliphatic carbocycles. The van der Waals surface area contributed by atoms with Gasteiger partial charge in [0, 0.05) is 10.4 Å². The number of nitriles is 1. The van der Waals surface area contributed by atoms with E-state index in [1.807, 2.05) is 18.2 Å². The van der Waals surface area contributed by atoms with Crippen LogP contribution in [0, 0.1) is 11.3 Å². The number of anilines is 1. The van der Waals surface area contributed by atoms with Gasteiger partial charge in [-0.1, -0.05) is 24.3 Å². The normalized spacial score (nSPS) is 13.4. The van der Waals surface area contributed by atoms with E-state index in [0.717, 1.165) is 28.8 Å². The smallest absolute Gasteiger partial charge is 0.249 e. The van der Waals surface area contributed by atoms with Gasteiger partial charge < -0.3 is 5.32 Å². The maximum absolute atomic E-state index is 12.5. The van der Waals surface area contributed by atoms with Crippen molar-refractivity contribution < 1.29 is 4.79 Å². The zero-order chi connectivity index (χ0) is 17.4. The third kappa shape index (κ3) is 2.61. The molecule has 1 aromatic carbocycles. The number of hydrogen-bond donors (Lipinski definition) is 1. The van der Waals surface area contributed by atoms with E-state index < -0.39 is 6.04 Å². The Morgan fingerprint density at radius 2 is 2.24 bits per heavy atom. The van der Waals surface area contributed by atoms with Crippen LogP contribution in [0.25, 0.3) is 11.1 Å². The Hall–Kier alpha value is -2.98. The minimum absolute atomic E-state index is 0.214. The minimum atomic E-state index is -0.500. The molecule has 124 valence electrons. The summed E-state index contributed by atoms with van der Waals surface area (Å²) in [4.78, 5) is 17.6. The van der Waals surface area contributed by atoms with Gasteiger partial charge in [-0.15, -0.1) is 11.3 Å². The third-order valence-electron chi connectivity index (χ3n) is 4.45. The van der Waals surface area contributed by atoms with Gasteiger partial charge in [0.25, 0.3) is 0 Å². The van der Waals surface area contributed by atoms with Crippen molar-refractivity contribution in [3.05, 3.63) is 52.9 Å². The molecule has 1 N–H and O–H groups in total. The fraction of sp³-hybridized carbons (Fsp3) is 0.222. The first-order chi connectivity index (χ1) is 12.2. The summed E-state index contributed by atoms with van der Waals surface area (Å²) in [6.07, 6.45) is 4.74. The van der Waals surface area contributed by atoms with E-state index in [-0.39, 0.29) is 5.91 Å². The summed E-state index contributed by atoms with van der Waals surface area (Å²) in [6.45, 7) is 1.75. The summed E-state index contributed by atoms with van der Waals surface area (Å²) < 4.78 is 1.49. The highest BCUT2D eigenvalue weighted by Gasteiger charge is 2.26. The monoisotopic (exact) mass is 349 g/mol. The lowest BCUT2D eigenvalue weighted by atomic mass is 9.88. The van der Waals surface area contributed by atoms with Crippen LogP contribution in [-0.2, 0) is 17.6 Å². The second-order valence-electron chi connectivity index (χ2n) is 5.91. The number of fused-ring (bicyclic) bond motifs is 3. The number of amides is 1. The number of rotatable bonds is 3. The van der Waals surface area contributed by atoms with Crippen molar-refractivity contribution in [2.75, 3.05) is 5.32 Å². The minimum Gasteiger partial charge on any atom is -0.315 e. The molecule has 1 aliphatic rings. The van der Waals surface area contributed by atoms with Gasteiger partial charge in [-0.2, -0.15) is 10.4 Å². The Morgan fingerprint density at radius 1 is 1.40 bits per heavy atom. The Kier molecular flexibility index (Phi) is 3.82. The lowest BCUT2D eigenvalue weighted by molar-refractivity contribution is -0.119. The second kappa shape index (κ2) is 6.15. The van der Waals surface area contributed by atoms with Crippen LogP contribution in [0.5, 0.6) is 0 Å². The zero-order valence-corrected chi connectivity index (χ0v) is 14.4. The van der Waals surface area contributed by atoms with Crippen LogP contribution in [0.15, 0.2) is 36.9 Å². The number of nitrogens with zero attached hydrogens (tertiary/aromatic N) is 4. The van der Waals surface area contributed by atoms with Crippen molar-refractivity contribution in [3.63, 3.8) is 0 Å². The molecule has 2 heterocycles. The van der Waals surface area contributed by atoms with Crippen LogP contribution in [0.3, 0.4) is 0 Å². The Morgan fingerprint density at radius 3 is 3.00 bits per heavy atom. The van der Waals surface area contributed by atoms with E-state index in [9.17, 15) is 10.1 Å². The van der Waals surface area contributed by atoms with Crippen molar-refractivity contribution in [2.45, 2.75) is 25.8 Å². The molecule has 0 spiro atoms. The predicted molar refractivity (Wildman–Crippen MR) is 95.2 cm³/mol. The first kappa shape index (κ1) is 15.5. The number of aryl methyl sites for hydroxylation is 2. The topological polar surface area (TPSA) is 83.6 Å². The first-order valence-electron chi connectivity index (χ1n) is 7.98. The molecule has 2 aromatic heterocycles. The molecule has 1 atom stereocenters. The van der Waals surface area contributed by atoms with Crippen molar-refractivity contribution >= 4 is 22.2 Å². The van der Waals surface area contributed by atoms with Crippen LogP contribution < -0.4 is 5.32 Å². The number of aromatic nitrogens is 3. The summed E-state index contributed by atoms with van der Waals surface area (Å²) in [5, 5.41) is 17.2. The molecule has 25 heavy (non-hydrogen) atoms. The molecular weight excluding hydrogens is 334 g/mol. The van der Waals surface area contributed by atoms with Gasteiger partial charge in [0.05, 0.1) is 5.56 Å². The second-order valence-corrected chi connectivity index (χ2v) is 7.02. The Bertz CT molecular complexity index is 984. The fourth-order valence-corrected chi connectivity index (χ4v) is 4.28. The quantitative estimate of drug-likeness (QED) is 0.787.